The first-order valence-corrected chi connectivity index (χ1v) is 3.79. The Kier molecular flexibility index (Phi) is 2.30. The number of hydrogen-bond acceptors (Lipinski definition) is 0. The lowest BCUT2D eigenvalue weighted by Gasteiger charge is -2.32. The average molecular weight is 149 g/mol. The molecule has 0 amide bonds. The lowest BCUT2D eigenvalue weighted by molar-refractivity contribution is -0.859. The van der Waals surface area contributed by atoms with Crippen molar-refractivity contribution in [2.24, 2.45) is 0 Å². The molecule has 1 aromatic carbocycles. The maximum atomic E-state index is 4.00. The van der Waals surface area contributed by atoms with E-state index in [0.29, 0.717) is 0 Å². The van der Waals surface area contributed by atoms with Gasteiger partial charge in [-0.2, -0.15) is 0 Å². The van der Waals surface area contributed by atoms with Crippen molar-refractivity contribution in [2.75, 3.05) is 14.1 Å². The Labute approximate surface area is 68.9 Å². The molecule has 0 atom stereocenters. The fourth-order valence-corrected chi connectivity index (χ4v) is 1.08. The number of nitrogens with zero attached hydrogens (tertiary/aromatic N) is 1. The van der Waals surface area contributed by atoms with Gasteiger partial charge in [-0.05, 0) is 0 Å². The summed E-state index contributed by atoms with van der Waals surface area (Å²) < 4.78 is 0.740. The summed E-state index contributed by atoms with van der Waals surface area (Å²) in [6.45, 7) is 0.987. The van der Waals surface area contributed by atoms with E-state index >= 15 is 0 Å². The molecule has 0 fully saturated rings. The third kappa shape index (κ3) is 3.19. The topological polar surface area (TPSA) is 0 Å². The van der Waals surface area contributed by atoms with Crippen molar-refractivity contribution in [2.45, 2.75) is 6.54 Å². The number of rotatable bonds is 2. The van der Waals surface area contributed by atoms with Crippen molar-refractivity contribution < 1.29 is 4.48 Å². The standard InChI is InChI=1S/C10H15N/c1-11(2,3)9-10-7-5-4-6-8-10/h4-8H,1,9H2,2-3H3. The lowest BCUT2D eigenvalue weighted by atomic mass is 10.2. The van der Waals surface area contributed by atoms with Gasteiger partial charge in [0, 0.05) is 19.7 Å². The van der Waals surface area contributed by atoms with E-state index in [1.54, 1.807) is 0 Å². The van der Waals surface area contributed by atoms with Crippen LogP contribution in [0.25, 0.3) is 0 Å². The summed E-state index contributed by atoms with van der Waals surface area (Å²) in [7, 11) is 8.18. The third-order valence-corrected chi connectivity index (χ3v) is 1.45. The Morgan fingerprint density at radius 1 is 1.18 bits per heavy atom. The molecule has 0 radical (unpaired) electrons. The molecule has 1 aromatic rings. The molecule has 1 rings (SSSR count). The predicted molar refractivity (Wildman–Crippen MR) is 47.6 cm³/mol. The Morgan fingerprint density at radius 3 is 2.18 bits per heavy atom. The van der Waals surface area contributed by atoms with E-state index in [1.807, 2.05) is 6.07 Å². The molecule has 0 aliphatic carbocycles. The summed E-state index contributed by atoms with van der Waals surface area (Å²) in [6.07, 6.45) is 0. The second-order valence-electron chi connectivity index (χ2n) is 3.58. The van der Waals surface area contributed by atoms with E-state index in [4.69, 9.17) is 0 Å². The maximum Gasteiger partial charge on any atom is 0.0798 e. The highest BCUT2D eigenvalue weighted by atomic mass is 15.3. The molecule has 0 saturated heterocycles. The normalized spacial score (nSPS) is 11.5. The molecule has 0 heterocycles. The second kappa shape index (κ2) is 3.05. The van der Waals surface area contributed by atoms with Crippen LogP contribution in [0.5, 0.6) is 0 Å². The summed E-state index contributed by atoms with van der Waals surface area (Å²) in [5.74, 6) is 0. The van der Waals surface area contributed by atoms with Crippen molar-refractivity contribution in [1.29, 1.82) is 0 Å². The Hall–Kier alpha value is -0.820. The average Bonchev–Trinajstić information content (AvgIpc) is 1.85. The fraction of sp³-hybridized carbons (Fsp3) is 0.300. The molecule has 0 spiro atoms. The van der Waals surface area contributed by atoms with Crippen molar-refractivity contribution in [1.82, 2.24) is 0 Å². The van der Waals surface area contributed by atoms with E-state index in [-0.39, 0.29) is 0 Å². The van der Waals surface area contributed by atoms with Crippen LogP contribution in [0.4, 0.5) is 0 Å². The SMILES string of the molecule is [CH2-][N+](C)(C)Cc1ccccc1. The first kappa shape index (κ1) is 8.28. The first-order valence-electron chi connectivity index (χ1n) is 3.79. The number of hydrogen-bond donors (Lipinski definition) is 0. The highest BCUT2D eigenvalue weighted by molar-refractivity contribution is 5.13. The monoisotopic (exact) mass is 149 g/mol. The quantitative estimate of drug-likeness (QED) is 0.446. The summed E-state index contributed by atoms with van der Waals surface area (Å²) in [4.78, 5) is 0. The van der Waals surface area contributed by atoms with Gasteiger partial charge in [0.15, 0.2) is 0 Å². The van der Waals surface area contributed by atoms with Crippen LogP contribution in [0.2, 0.25) is 0 Å². The van der Waals surface area contributed by atoms with Gasteiger partial charge < -0.3 is 4.48 Å². The molecule has 0 bridgehead atoms. The van der Waals surface area contributed by atoms with Crippen molar-refractivity contribution in [3.8, 4) is 0 Å². The van der Waals surface area contributed by atoms with Gasteiger partial charge in [-0.1, -0.05) is 30.3 Å². The van der Waals surface area contributed by atoms with Gasteiger partial charge in [0.2, 0.25) is 0 Å². The summed E-state index contributed by atoms with van der Waals surface area (Å²) in [5.41, 5.74) is 1.34. The van der Waals surface area contributed by atoms with E-state index in [9.17, 15) is 0 Å². The molecule has 0 unspecified atom stereocenters. The zero-order valence-electron chi connectivity index (χ0n) is 7.25. The Bertz CT molecular complexity index is 208. The fourth-order valence-electron chi connectivity index (χ4n) is 1.08. The molecular formula is C10H15N. The Morgan fingerprint density at radius 2 is 1.73 bits per heavy atom. The molecule has 60 valence electrons. The van der Waals surface area contributed by atoms with Crippen LogP contribution < -0.4 is 0 Å². The van der Waals surface area contributed by atoms with Crippen LogP contribution in [0.3, 0.4) is 0 Å². The van der Waals surface area contributed by atoms with Crippen LogP contribution in [-0.2, 0) is 6.54 Å². The van der Waals surface area contributed by atoms with Crippen LogP contribution >= 0.6 is 0 Å². The first-order chi connectivity index (χ1) is 5.08. The van der Waals surface area contributed by atoms with E-state index in [0.717, 1.165) is 11.0 Å². The molecule has 11 heavy (non-hydrogen) atoms. The van der Waals surface area contributed by atoms with Gasteiger partial charge in [0.25, 0.3) is 0 Å². The predicted octanol–water partition coefficient (Wildman–Crippen LogP) is 2.05. The van der Waals surface area contributed by atoms with E-state index < -0.39 is 0 Å². The summed E-state index contributed by atoms with van der Waals surface area (Å²) in [5, 5.41) is 0. The number of benzene rings is 1. The highest BCUT2D eigenvalue weighted by Gasteiger charge is 2.00. The largest absolute Gasteiger partial charge is 0.458 e. The van der Waals surface area contributed by atoms with E-state index in [1.165, 1.54) is 5.56 Å². The maximum absolute atomic E-state index is 4.00. The smallest absolute Gasteiger partial charge is 0.0798 e. The third-order valence-electron chi connectivity index (χ3n) is 1.45. The van der Waals surface area contributed by atoms with Gasteiger partial charge in [-0.3, -0.25) is 0 Å². The second-order valence-corrected chi connectivity index (χ2v) is 3.58. The molecule has 0 N–H and O–H groups in total. The summed E-state index contributed by atoms with van der Waals surface area (Å²) >= 11 is 0. The van der Waals surface area contributed by atoms with Gasteiger partial charge in [0.1, 0.15) is 0 Å². The minimum Gasteiger partial charge on any atom is -0.458 e. The zero-order valence-corrected chi connectivity index (χ0v) is 7.25. The molecule has 1 heteroatoms. The minimum absolute atomic E-state index is 0.740. The molecule has 0 aliphatic rings. The van der Waals surface area contributed by atoms with Gasteiger partial charge in [-0.25, -0.2) is 0 Å². The Balaban J connectivity index is 2.66. The number of quaternary nitrogens is 1. The molecule has 0 aromatic heterocycles. The highest BCUT2D eigenvalue weighted by Crippen LogP contribution is 2.06. The molecule has 0 saturated carbocycles. The van der Waals surface area contributed by atoms with Gasteiger partial charge in [-0.15, -0.1) is 7.05 Å². The van der Waals surface area contributed by atoms with Crippen LogP contribution in [0.15, 0.2) is 30.3 Å². The molecular weight excluding hydrogens is 134 g/mol. The van der Waals surface area contributed by atoms with Crippen molar-refractivity contribution in [3.05, 3.63) is 42.9 Å². The zero-order chi connectivity index (χ0) is 8.32. The van der Waals surface area contributed by atoms with Crippen LogP contribution in [0, 0.1) is 7.05 Å². The summed E-state index contributed by atoms with van der Waals surface area (Å²) in [6, 6.07) is 10.4. The molecule has 0 aliphatic heterocycles. The van der Waals surface area contributed by atoms with Gasteiger partial charge >= 0.3 is 0 Å². The van der Waals surface area contributed by atoms with Crippen LogP contribution in [-0.4, -0.2) is 18.6 Å². The molecule has 1 nitrogen and oxygen atoms in total. The van der Waals surface area contributed by atoms with Gasteiger partial charge in [0.05, 0.1) is 6.54 Å². The van der Waals surface area contributed by atoms with Crippen molar-refractivity contribution >= 4 is 0 Å². The minimum atomic E-state index is 0.740. The van der Waals surface area contributed by atoms with E-state index in [2.05, 4.69) is 45.4 Å². The van der Waals surface area contributed by atoms with Crippen molar-refractivity contribution in [3.63, 3.8) is 0 Å². The van der Waals surface area contributed by atoms with Crippen LogP contribution in [0.1, 0.15) is 5.56 Å². The lowest BCUT2D eigenvalue weighted by Crippen LogP contribution is -2.30.